The molecule has 8 nitrogen and oxygen atoms in total. The average molecular weight is 553 g/mol. The zero-order chi connectivity index (χ0) is 27.8. The van der Waals surface area contributed by atoms with E-state index in [-0.39, 0.29) is 5.91 Å². The highest BCUT2D eigenvalue weighted by Crippen LogP contribution is 2.48. The molecule has 4 rings (SSSR count). The van der Waals surface area contributed by atoms with Crippen molar-refractivity contribution in [3.05, 3.63) is 66.2 Å². The molecule has 1 amide bonds. The lowest BCUT2D eigenvalue weighted by Gasteiger charge is -2.32. The van der Waals surface area contributed by atoms with Crippen molar-refractivity contribution in [2.75, 3.05) is 66.6 Å². The summed E-state index contributed by atoms with van der Waals surface area (Å²) in [6.07, 6.45) is 0.814. The van der Waals surface area contributed by atoms with Crippen molar-refractivity contribution in [3.63, 3.8) is 0 Å². The molecule has 1 atom stereocenters. The Hall–Kier alpha value is -3.56. The molecule has 0 aliphatic carbocycles. The van der Waals surface area contributed by atoms with Crippen LogP contribution in [0, 0.1) is 0 Å². The molecule has 0 saturated carbocycles. The largest absolute Gasteiger partial charge is 0.497 e. The van der Waals surface area contributed by atoms with E-state index in [0.717, 1.165) is 35.7 Å². The third-order valence-electron chi connectivity index (χ3n) is 6.57. The molecule has 9 heteroatoms. The second-order valence-corrected chi connectivity index (χ2v) is 10.3. The molecule has 0 spiro atoms. The summed E-state index contributed by atoms with van der Waals surface area (Å²) in [6.45, 7) is 2.56. The summed E-state index contributed by atoms with van der Waals surface area (Å²) in [6, 6.07) is 19.2. The number of fused-ring (bicyclic) bond motifs is 1. The van der Waals surface area contributed by atoms with Gasteiger partial charge >= 0.3 is 0 Å². The monoisotopic (exact) mass is 552 g/mol. The van der Waals surface area contributed by atoms with Crippen molar-refractivity contribution in [3.8, 4) is 28.7 Å². The lowest BCUT2D eigenvalue weighted by molar-refractivity contribution is -0.118. The second-order valence-electron chi connectivity index (χ2n) is 9.11. The van der Waals surface area contributed by atoms with Gasteiger partial charge in [-0.2, -0.15) is 0 Å². The van der Waals surface area contributed by atoms with E-state index >= 15 is 0 Å². The predicted octanol–water partition coefficient (Wildman–Crippen LogP) is 5.30. The van der Waals surface area contributed by atoms with Crippen molar-refractivity contribution in [1.82, 2.24) is 4.90 Å². The van der Waals surface area contributed by atoms with Gasteiger partial charge in [0.15, 0.2) is 11.5 Å². The van der Waals surface area contributed by atoms with Crippen LogP contribution >= 0.6 is 11.8 Å². The minimum atomic E-state index is -0.415. The number of benzene rings is 3. The van der Waals surface area contributed by atoms with Crippen LogP contribution in [0.2, 0.25) is 0 Å². The predicted molar refractivity (Wildman–Crippen MR) is 154 cm³/mol. The minimum absolute atomic E-state index is 0.0169. The zero-order valence-electron chi connectivity index (χ0n) is 23.1. The van der Waals surface area contributed by atoms with Gasteiger partial charge in [-0.1, -0.05) is 18.2 Å². The Morgan fingerprint density at radius 1 is 0.846 bits per heavy atom. The van der Waals surface area contributed by atoms with Gasteiger partial charge in [0.1, 0.15) is 23.4 Å². The number of rotatable bonds is 13. The molecule has 1 aliphatic rings. The number of para-hydroxylation sites is 2. The van der Waals surface area contributed by atoms with Crippen molar-refractivity contribution in [1.29, 1.82) is 0 Å². The quantitative estimate of drug-likeness (QED) is 0.265. The molecule has 1 heterocycles. The smallest absolute Gasteiger partial charge is 0.244 e. The van der Waals surface area contributed by atoms with Gasteiger partial charge < -0.3 is 33.5 Å². The standard InChI is InChI=1S/C30H36N2O6S/c1-31(17-19-38-28-25(35-4)11-8-12-26(28)36-5)16-9-18-37-24-15-14-21(34-3)20-22(24)29-30(33)32(2)23-10-6-7-13-27(23)39-29/h6-8,10-15,20,29H,9,16-19H2,1-5H3. The molecule has 0 fully saturated rings. The van der Waals surface area contributed by atoms with Crippen LogP contribution in [0.3, 0.4) is 0 Å². The number of methoxy groups -OCH3 is 3. The summed E-state index contributed by atoms with van der Waals surface area (Å²) in [4.78, 5) is 18.3. The highest BCUT2D eigenvalue weighted by Gasteiger charge is 2.34. The van der Waals surface area contributed by atoms with Crippen LogP contribution in [0.1, 0.15) is 17.2 Å². The molecule has 3 aromatic rings. The fourth-order valence-electron chi connectivity index (χ4n) is 4.38. The first-order valence-corrected chi connectivity index (χ1v) is 13.7. The maximum absolute atomic E-state index is 13.3. The van der Waals surface area contributed by atoms with Gasteiger partial charge in [-0.05, 0) is 55.9 Å². The highest BCUT2D eigenvalue weighted by molar-refractivity contribution is 8.00. The number of nitrogens with zero attached hydrogens (tertiary/aromatic N) is 2. The highest BCUT2D eigenvalue weighted by atomic mass is 32.2. The number of thioether (sulfide) groups is 1. The summed E-state index contributed by atoms with van der Waals surface area (Å²) < 4.78 is 28.4. The lowest BCUT2D eigenvalue weighted by Crippen LogP contribution is -2.33. The first-order chi connectivity index (χ1) is 19.0. The number of hydrogen-bond acceptors (Lipinski definition) is 8. The number of carbonyl (C=O) groups excluding carboxylic acids is 1. The molecule has 208 valence electrons. The molecule has 0 N–H and O–H groups in total. The maximum atomic E-state index is 13.3. The lowest BCUT2D eigenvalue weighted by atomic mass is 10.1. The number of hydrogen-bond donors (Lipinski definition) is 0. The van der Waals surface area contributed by atoms with Gasteiger partial charge in [0.05, 0.1) is 33.6 Å². The number of amides is 1. The third kappa shape index (κ3) is 6.72. The molecule has 0 radical (unpaired) electrons. The minimum Gasteiger partial charge on any atom is -0.497 e. The Balaban J connectivity index is 1.33. The van der Waals surface area contributed by atoms with Crippen molar-refractivity contribution >= 4 is 23.4 Å². The number of likely N-dealkylation sites (N-methyl/N-ethyl adjacent to an activating group) is 2. The van der Waals surface area contributed by atoms with E-state index in [1.165, 1.54) is 0 Å². The van der Waals surface area contributed by atoms with Crippen LogP contribution < -0.4 is 28.6 Å². The Morgan fingerprint density at radius 2 is 1.59 bits per heavy atom. The van der Waals surface area contributed by atoms with E-state index < -0.39 is 5.25 Å². The van der Waals surface area contributed by atoms with Crippen LogP contribution in [0.15, 0.2) is 65.6 Å². The van der Waals surface area contributed by atoms with Gasteiger partial charge in [0, 0.05) is 30.6 Å². The fraction of sp³-hybridized carbons (Fsp3) is 0.367. The van der Waals surface area contributed by atoms with Crippen LogP contribution in [-0.4, -0.2) is 72.5 Å². The number of carbonyl (C=O) groups is 1. The summed E-state index contributed by atoms with van der Waals surface area (Å²) in [5.41, 5.74) is 1.74. The molecule has 0 saturated heterocycles. The third-order valence-corrected chi connectivity index (χ3v) is 7.86. The molecule has 0 aromatic heterocycles. The Labute approximate surface area is 234 Å². The summed E-state index contributed by atoms with van der Waals surface area (Å²) >= 11 is 1.55. The van der Waals surface area contributed by atoms with Crippen molar-refractivity contribution in [2.45, 2.75) is 16.6 Å². The maximum Gasteiger partial charge on any atom is 0.244 e. The van der Waals surface area contributed by atoms with Gasteiger partial charge in [0.25, 0.3) is 0 Å². The van der Waals surface area contributed by atoms with E-state index in [2.05, 4.69) is 4.90 Å². The topological polar surface area (TPSA) is 69.7 Å². The first-order valence-electron chi connectivity index (χ1n) is 12.8. The van der Waals surface area contributed by atoms with E-state index in [1.807, 2.05) is 74.8 Å². The molecular formula is C30H36N2O6S. The SMILES string of the molecule is COc1ccc(OCCCN(C)CCOc2c(OC)cccc2OC)c(C2Sc3ccccc3N(C)C2=O)c1. The van der Waals surface area contributed by atoms with E-state index in [0.29, 0.717) is 42.0 Å². The normalized spacial score (nSPS) is 14.7. The van der Waals surface area contributed by atoms with E-state index in [1.54, 1.807) is 38.0 Å². The van der Waals surface area contributed by atoms with Gasteiger partial charge in [0.2, 0.25) is 11.7 Å². The van der Waals surface area contributed by atoms with Crippen LogP contribution in [0.5, 0.6) is 28.7 Å². The van der Waals surface area contributed by atoms with E-state index in [4.69, 9.17) is 23.7 Å². The second kappa shape index (κ2) is 13.5. The molecule has 3 aromatic carbocycles. The summed E-state index contributed by atoms with van der Waals surface area (Å²) in [7, 11) is 8.72. The van der Waals surface area contributed by atoms with Crippen LogP contribution in [-0.2, 0) is 4.79 Å². The number of anilines is 1. The van der Waals surface area contributed by atoms with Crippen LogP contribution in [0.25, 0.3) is 0 Å². The van der Waals surface area contributed by atoms with Crippen molar-refractivity contribution in [2.24, 2.45) is 0 Å². The molecule has 1 aliphatic heterocycles. The Bertz CT molecular complexity index is 1250. The fourth-order valence-corrected chi connectivity index (χ4v) is 5.69. The Kier molecular flexibility index (Phi) is 9.84. The van der Waals surface area contributed by atoms with Gasteiger partial charge in [-0.25, -0.2) is 0 Å². The summed E-state index contributed by atoms with van der Waals surface area (Å²) in [5, 5.41) is -0.415. The van der Waals surface area contributed by atoms with Crippen molar-refractivity contribution < 1.29 is 28.5 Å². The molecule has 39 heavy (non-hydrogen) atoms. The van der Waals surface area contributed by atoms with E-state index in [9.17, 15) is 4.79 Å². The first kappa shape index (κ1) is 28.4. The average Bonchev–Trinajstić information content (AvgIpc) is 2.97. The zero-order valence-corrected chi connectivity index (χ0v) is 24.0. The molecule has 1 unspecified atom stereocenters. The van der Waals surface area contributed by atoms with Gasteiger partial charge in [-0.3, -0.25) is 4.79 Å². The molecular weight excluding hydrogens is 516 g/mol. The molecule has 0 bridgehead atoms. The Morgan fingerprint density at radius 3 is 2.31 bits per heavy atom. The van der Waals surface area contributed by atoms with Gasteiger partial charge in [-0.15, -0.1) is 11.8 Å². The summed E-state index contributed by atoms with van der Waals surface area (Å²) in [5.74, 6) is 3.30. The van der Waals surface area contributed by atoms with Crippen LogP contribution in [0.4, 0.5) is 5.69 Å². The number of ether oxygens (including phenoxy) is 5.